The van der Waals surface area contributed by atoms with Crippen LogP contribution in [0.25, 0.3) is 0 Å². The summed E-state index contributed by atoms with van der Waals surface area (Å²) in [4.78, 5) is 0. The highest BCUT2D eigenvalue weighted by atomic mass is 16.5. The van der Waals surface area contributed by atoms with Crippen molar-refractivity contribution in [3.8, 4) is 5.75 Å². The van der Waals surface area contributed by atoms with Crippen molar-refractivity contribution in [3.63, 3.8) is 0 Å². The largest absolute Gasteiger partial charge is 0.494 e. The van der Waals surface area contributed by atoms with Crippen molar-refractivity contribution in [2.24, 2.45) is 7.05 Å². The fourth-order valence-electron chi connectivity index (χ4n) is 1.65. The van der Waals surface area contributed by atoms with E-state index < -0.39 is 0 Å². The molecule has 0 atom stereocenters. The van der Waals surface area contributed by atoms with E-state index in [9.17, 15) is 0 Å². The highest BCUT2D eigenvalue weighted by molar-refractivity contribution is 5.48. The summed E-state index contributed by atoms with van der Waals surface area (Å²) < 4.78 is 7.42. The van der Waals surface area contributed by atoms with Crippen LogP contribution in [-0.4, -0.2) is 21.4 Å². The standard InChI is InChI=1S/C13H18N4O/c1-4-18-12-7-5-6-11(8-12)14-9-13-16-15-10(2)17(13)3/h5-8,14H,4,9H2,1-3H3. The Balaban J connectivity index is 2.01. The van der Waals surface area contributed by atoms with Gasteiger partial charge in [-0.05, 0) is 26.0 Å². The maximum absolute atomic E-state index is 5.45. The lowest BCUT2D eigenvalue weighted by atomic mass is 10.3. The van der Waals surface area contributed by atoms with E-state index in [0.29, 0.717) is 13.2 Å². The van der Waals surface area contributed by atoms with Gasteiger partial charge in [0.2, 0.25) is 0 Å². The average molecular weight is 246 g/mol. The minimum atomic E-state index is 0.646. The van der Waals surface area contributed by atoms with E-state index in [1.54, 1.807) is 0 Å². The first kappa shape index (κ1) is 12.4. The molecule has 1 N–H and O–H groups in total. The first-order valence-corrected chi connectivity index (χ1v) is 6.02. The van der Waals surface area contributed by atoms with Gasteiger partial charge in [0.05, 0.1) is 13.2 Å². The van der Waals surface area contributed by atoms with Crippen molar-refractivity contribution in [2.45, 2.75) is 20.4 Å². The van der Waals surface area contributed by atoms with E-state index in [4.69, 9.17) is 4.74 Å². The molecule has 0 unspecified atom stereocenters. The molecule has 0 amide bonds. The van der Waals surface area contributed by atoms with Crippen LogP contribution in [-0.2, 0) is 13.6 Å². The SMILES string of the molecule is CCOc1cccc(NCc2nnc(C)n2C)c1. The minimum absolute atomic E-state index is 0.646. The van der Waals surface area contributed by atoms with Gasteiger partial charge in [0.25, 0.3) is 0 Å². The van der Waals surface area contributed by atoms with E-state index in [0.717, 1.165) is 23.1 Å². The van der Waals surface area contributed by atoms with Crippen LogP contribution in [0.3, 0.4) is 0 Å². The molecule has 0 bridgehead atoms. The molecular formula is C13H18N4O. The molecule has 0 aliphatic heterocycles. The normalized spacial score (nSPS) is 10.4. The molecule has 0 saturated carbocycles. The molecular weight excluding hydrogens is 228 g/mol. The zero-order chi connectivity index (χ0) is 13.0. The second kappa shape index (κ2) is 5.53. The third-order valence-electron chi connectivity index (χ3n) is 2.78. The first-order valence-electron chi connectivity index (χ1n) is 6.02. The molecule has 0 radical (unpaired) electrons. The summed E-state index contributed by atoms with van der Waals surface area (Å²) in [6.45, 7) is 5.23. The van der Waals surface area contributed by atoms with Gasteiger partial charge in [0.15, 0.2) is 5.82 Å². The zero-order valence-corrected chi connectivity index (χ0v) is 11.0. The summed E-state index contributed by atoms with van der Waals surface area (Å²) in [5.41, 5.74) is 1.02. The van der Waals surface area contributed by atoms with Crippen LogP contribution < -0.4 is 10.1 Å². The van der Waals surface area contributed by atoms with E-state index in [2.05, 4.69) is 15.5 Å². The predicted octanol–water partition coefficient (Wildman–Crippen LogP) is 2.13. The second-order valence-electron chi connectivity index (χ2n) is 4.04. The van der Waals surface area contributed by atoms with Gasteiger partial charge in [-0.25, -0.2) is 0 Å². The number of nitrogens with one attached hydrogen (secondary N) is 1. The van der Waals surface area contributed by atoms with E-state index >= 15 is 0 Å². The fourth-order valence-corrected chi connectivity index (χ4v) is 1.65. The van der Waals surface area contributed by atoms with E-state index in [-0.39, 0.29) is 0 Å². The van der Waals surface area contributed by atoms with E-state index in [1.165, 1.54) is 0 Å². The number of aryl methyl sites for hydroxylation is 1. The Labute approximate surface area is 107 Å². The van der Waals surface area contributed by atoms with Gasteiger partial charge >= 0.3 is 0 Å². The third-order valence-corrected chi connectivity index (χ3v) is 2.78. The molecule has 1 aromatic carbocycles. The van der Waals surface area contributed by atoms with Crippen LogP contribution in [0, 0.1) is 6.92 Å². The van der Waals surface area contributed by atoms with Gasteiger partial charge in [-0.3, -0.25) is 0 Å². The quantitative estimate of drug-likeness (QED) is 0.878. The maximum Gasteiger partial charge on any atom is 0.152 e. The second-order valence-corrected chi connectivity index (χ2v) is 4.04. The number of ether oxygens (including phenoxy) is 1. The molecule has 0 spiro atoms. The lowest BCUT2D eigenvalue weighted by Crippen LogP contribution is -2.06. The van der Waals surface area contributed by atoms with Gasteiger partial charge in [-0.15, -0.1) is 10.2 Å². The molecule has 0 fully saturated rings. The van der Waals surface area contributed by atoms with E-state index in [1.807, 2.05) is 49.7 Å². The Kier molecular flexibility index (Phi) is 3.82. The van der Waals surface area contributed by atoms with Crippen LogP contribution >= 0.6 is 0 Å². The minimum Gasteiger partial charge on any atom is -0.494 e. The van der Waals surface area contributed by atoms with Crippen molar-refractivity contribution in [2.75, 3.05) is 11.9 Å². The molecule has 2 rings (SSSR count). The number of anilines is 1. The van der Waals surface area contributed by atoms with Gasteiger partial charge in [0, 0.05) is 18.8 Å². The highest BCUT2D eigenvalue weighted by Gasteiger charge is 2.04. The van der Waals surface area contributed by atoms with Crippen molar-refractivity contribution in [1.29, 1.82) is 0 Å². The Morgan fingerprint density at radius 3 is 2.83 bits per heavy atom. The lowest BCUT2D eigenvalue weighted by Gasteiger charge is -2.08. The van der Waals surface area contributed by atoms with Crippen molar-refractivity contribution in [1.82, 2.24) is 14.8 Å². The molecule has 5 nitrogen and oxygen atoms in total. The summed E-state index contributed by atoms with van der Waals surface area (Å²) in [6, 6.07) is 7.90. The van der Waals surface area contributed by atoms with Gasteiger partial charge in [-0.1, -0.05) is 6.07 Å². The Bertz CT molecular complexity index is 521. The number of hydrogen-bond acceptors (Lipinski definition) is 4. The van der Waals surface area contributed by atoms with Crippen LogP contribution in [0.4, 0.5) is 5.69 Å². The molecule has 0 saturated heterocycles. The first-order chi connectivity index (χ1) is 8.70. The molecule has 0 aliphatic rings. The summed E-state index contributed by atoms with van der Waals surface area (Å²) in [5.74, 6) is 2.70. The van der Waals surface area contributed by atoms with Crippen LogP contribution in [0.15, 0.2) is 24.3 Å². The van der Waals surface area contributed by atoms with Crippen LogP contribution in [0.2, 0.25) is 0 Å². The summed E-state index contributed by atoms with van der Waals surface area (Å²) in [6.07, 6.45) is 0. The summed E-state index contributed by atoms with van der Waals surface area (Å²) in [7, 11) is 1.96. The summed E-state index contributed by atoms with van der Waals surface area (Å²) >= 11 is 0. The van der Waals surface area contributed by atoms with Crippen molar-refractivity contribution < 1.29 is 4.74 Å². The monoisotopic (exact) mass is 246 g/mol. The lowest BCUT2D eigenvalue weighted by molar-refractivity contribution is 0.340. The number of benzene rings is 1. The van der Waals surface area contributed by atoms with Gasteiger partial charge in [0.1, 0.15) is 11.6 Å². The number of aromatic nitrogens is 3. The Morgan fingerprint density at radius 2 is 2.17 bits per heavy atom. The molecule has 5 heteroatoms. The summed E-state index contributed by atoms with van der Waals surface area (Å²) in [5, 5.41) is 11.4. The number of nitrogens with zero attached hydrogens (tertiary/aromatic N) is 3. The molecule has 1 heterocycles. The number of hydrogen-bond donors (Lipinski definition) is 1. The molecule has 18 heavy (non-hydrogen) atoms. The fraction of sp³-hybridized carbons (Fsp3) is 0.385. The predicted molar refractivity (Wildman–Crippen MR) is 70.7 cm³/mol. The Hall–Kier alpha value is -2.04. The van der Waals surface area contributed by atoms with Crippen molar-refractivity contribution in [3.05, 3.63) is 35.9 Å². The highest BCUT2D eigenvalue weighted by Crippen LogP contribution is 2.17. The van der Waals surface area contributed by atoms with Crippen LogP contribution in [0.5, 0.6) is 5.75 Å². The number of rotatable bonds is 5. The van der Waals surface area contributed by atoms with Gasteiger partial charge in [-0.2, -0.15) is 0 Å². The molecule has 2 aromatic rings. The topological polar surface area (TPSA) is 52.0 Å². The smallest absolute Gasteiger partial charge is 0.152 e. The van der Waals surface area contributed by atoms with Crippen molar-refractivity contribution >= 4 is 5.69 Å². The molecule has 1 aromatic heterocycles. The molecule has 96 valence electrons. The van der Waals surface area contributed by atoms with Gasteiger partial charge < -0.3 is 14.6 Å². The molecule has 0 aliphatic carbocycles. The Morgan fingerprint density at radius 1 is 1.33 bits per heavy atom. The maximum atomic E-state index is 5.45. The van der Waals surface area contributed by atoms with Crippen LogP contribution in [0.1, 0.15) is 18.6 Å². The third kappa shape index (κ3) is 2.80. The zero-order valence-electron chi connectivity index (χ0n) is 11.0. The average Bonchev–Trinajstić information content (AvgIpc) is 2.69.